The third-order valence-electron chi connectivity index (χ3n) is 8.61. The van der Waals surface area contributed by atoms with Crippen molar-refractivity contribution in [3.8, 4) is 11.5 Å². The van der Waals surface area contributed by atoms with Gasteiger partial charge in [-0.15, -0.1) is 13.2 Å². The summed E-state index contributed by atoms with van der Waals surface area (Å²) >= 11 is 0. The van der Waals surface area contributed by atoms with E-state index in [9.17, 15) is 18.3 Å². The molecule has 0 saturated carbocycles. The third kappa shape index (κ3) is 10.3. The van der Waals surface area contributed by atoms with Gasteiger partial charge in [0, 0.05) is 19.2 Å². The minimum Gasteiger partial charge on any atom is -0.497 e. The summed E-state index contributed by atoms with van der Waals surface area (Å²) in [5.74, 6) is 0.457. The monoisotopic (exact) mass is 686 g/mol. The number of allylic oxidation sites excluding steroid dienone is 2. The zero-order valence-corrected chi connectivity index (χ0v) is 28.8. The number of methoxy groups -OCH3 is 1. The van der Waals surface area contributed by atoms with Crippen molar-refractivity contribution in [2.45, 2.75) is 74.9 Å². The predicted molar refractivity (Wildman–Crippen MR) is 182 cm³/mol. The molecule has 6 atom stereocenters. The Balaban J connectivity index is 1.58. The molecule has 2 aromatic rings. The summed E-state index contributed by atoms with van der Waals surface area (Å²) in [4.78, 5) is 13.2. The average molecular weight is 687 g/mol. The number of unbranched alkanes of at least 4 members (excludes halogenated alkanes) is 2. The highest BCUT2D eigenvalue weighted by Gasteiger charge is 2.44. The molecule has 0 aromatic heterocycles. The lowest BCUT2D eigenvalue weighted by molar-refractivity contribution is -0.0907. The van der Waals surface area contributed by atoms with E-state index in [1.807, 2.05) is 43.3 Å². The Hall–Kier alpha value is -3.42. The van der Waals surface area contributed by atoms with Crippen molar-refractivity contribution < 1.29 is 42.0 Å². The lowest BCUT2D eigenvalue weighted by atomic mass is 10.0. The topological polar surface area (TPSA) is 133 Å². The van der Waals surface area contributed by atoms with Crippen molar-refractivity contribution in [2.75, 3.05) is 40.0 Å². The second-order valence-electron chi connectivity index (χ2n) is 12.4. The second kappa shape index (κ2) is 18.4. The van der Waals surface area contributed by atoms with Crippen LogP contribution in [0.15, 0.2) is 78.7 Å². The molecule has 2 aromatic carbocycles. The Bertz CT molecular complexity index is 1440. The van der Waals surface area contributed by atoms with Gasteiger partial charge in [-0.2, -0.15) is 4.31 Å². The largest absolute Gasteiger partial charge is 0.497 e. The summed E-state index contributed by atoms with van der Waals surface area (Å²) in [6.45, 7) is 10.3. The number of aliphatic hydroxyl groups excluding tert-OH is 1. The van der Waals surface area contributed by atoms with Crippen LogP contribution in [0.3, 0.4) is 0 Å². The molecule has 0 radical (unpaired) electrons. The van der Waals surface area contributed by atoms with E-state index in [0.717, 1.165) is 24.8 Å². The number of ether oxygens (including phenoxy) is 5. The van der Waals surface area contributed by atoms with Crippen molar-refractivity contribution >= 4 is 16.1 Å². The van der Waals surface area contributed by atoms with Gasteiger partial charge in [0.15, 0.2) is 6.29 Å². The van der Waals surface area contributed by atoms with Gasteiger partial charge in [-0.05, 0) is 62.1 Å². The van der Waals surface area contributed by atoms with E-state index in [1.165, 1.54) is 17.5 Å². The summed E-state index contributed by atoms with van der Waals surface area (Å²) < 4.78 is 58.4. The number of alkyl carbamates (subject to hydrolysis) is 1. The van der Waals surface area contributed by atoms with Gasteiger partial charge in [0.25, 0.3) is 0 Å². The number of rotatable bonds is 20. The Kier molecular flexibility index (Phi) is 14.3. The maximum atomic E-state index is 14.4. The summed E-state index contributed by atoms with van der Waals surface area (Å²) in [6, 6.07) is 13.1. The first-order chi connectivity index (χ1) is 23.2. The quantitative estimate of drug-likeness (QED) is 0.144. The van der Waals surface area contributed by atoms with Crippen molar-refractivity contribution in [3.63, 3.8) is 0 Å². The van der Waals surface area contributed by atoms with Crippen molar-refractivity contribution in [2.24, 2.45) is 11.8 Å². The summed E-state index contributed by atoms with van der Waals surface area (Å²) in [6.07, 6.45) is 4.61. The summed E-state index contributed by atoms with van der Waals surface area (Å²) in [5, 5.41) is 14.6. The molecule has 2 aliphatic rings. The van der Waals surface area contributed by atoms with Crippen molar-refractivity contribution in [3.05, 3.63) is 79.4 Å². The number of carbonyl (C=O) groups is 1. The van der Waals surface area contributed by atoms with E-state index in [2.05, 4.69) is 18.5 Å². The Morgan fingerprint density at radius 2 is 1.92 bits per heavy atom. The molecule has 0 aliphatic carbocycles. The zero-order valence-electron chi connectivity index (χ0n) is 28.0. The van der Waals surface area contributed by atoms with E-state index >= 15 is 0 Å². The first-order valence-corrected chi connectivity index (χ1v) is 18.0. The molecular formula is C36H50N2O9S. The molecule has 11 nitrogen and oxygen atoms in total. The number of hydrogen-bond donors (Lipinski definition) is 2. The van der Waals surface area contributed by atoms with Gasteiger partial charge >= 0.3 is 6.09 Å². The minimum absolute atomic E-state index is 0.0356. The highest BCUT2D eigenvalue weighted by Crippen LogP contribution is 2.34. The first kappa shape index (κ1) is 37.4. The Labute approximate surface area is 284 Å². The van der Waals surface area contributed by atoms with Crippen LogP contribution in [0.25, 0.3) is 0 Å². The molecule has 2 saturated heterocycles. The van der Waals surface area contributed by atoms with Gasteiger partial charge in [-0.25, -0.2) is 13.2 Å². The number of nitrogens with one attached hydrogen (secondary N) is 1. The van der Waals surface area contributed by atoms with Crippen LogP contribution >= 0.6 is 0 Å². The van der Waals surface area contributed by atoms with E-state index in [1.54, 1.807) is 18.2 Å². The molecule has 0 bridgehead atoms. The number of nitrogens with zero attached hydrogens (tertiary/aromatic N) is 1. The van der Waals surface area contributed by atoms with Crippen LogP contribution in [0, 0.1) is 11.8 Å². The number of carbonyl (C=O) groups excluding carboxylic acids is 1. The smallest absolute Gasteiger partial charge is 0.407 e. The van der Waals surface area contributed by atoms with Gasteiger partial charge in [-0.1, -0.05) is 49.4 Å². The molecule has 2 aliphatic heterocycles. The fraction of sp³-hybridized carbons (Fsp3) is 0.528. The Morgan fingerprint density at radius 1 is 1.12 bits per heavy atom. The molecule has 2 fully saturated rings. The second-order valence-corrected chi connectivity index (χ2v) is 14.3. The molecule has 12 heteroatoms. The number of sulfonamides is 1. The number of fused-ring (bicyclic) bond motifs is 1. The summed E-state index contributed by atoms with van der Waals surface area (Å²) in [7, 11) is -2.71. The third-order valence-corrected chi connectivity index (χ3v) is 10.5. The SMILES string of the molecule is C=CCCCCOc1cc(OC)ccc1S(=O)(=O)N(C[C@H](C)CC=C)C[C@@H](O)[C@H](Cc1ccccc1)NC(=O)O[C@H]1CO[C@H]2OCC[C@H]21. The Morgan fingerprint density at radius 3 is 2.65 bits per heavy atom. The maximum Gasteiger partial charge on any atom is 0.407 e. The standard InChI is InChI=1S/C36H50N2O9S/c1-5-7-8-12-19-44-32-22-28(43-4)16-17-34(32)48(41,42)38(23-26(3)13-6-2)24-31(39)30(21-27-14-10-9-11-15-27)37-36(40)47-33-25-46-35-29(33)18-20-45-35/h5-6,9-11,14-17,22,26,29-31,33,35,39H,1-2,7-8,12-13,18-21,23-25H2,3-4H3,(H,37,40)/t26-,29+,30+,31-,33+,35-/m1/s1. The number of aliphatic hydroxyl groups is 1. The molecule has 2 heterocycles. The molecular weight excluding hydrogens is 636 g/mol. The number of amides is 1. The summed E-state index contributed by atoms with van der Waals surface area (Å²) in [5.41, 5.74) is 0.854. The van der Waals surface area contributed by atoms with Crippen LogP contribution in [0.4, 0.5) is 4.79 Å². The molecule has 264 valence electrons. The van der Waals surface area contributed by atoms with Crippen LogP contribution in [0.2, 0.25) is 0 Å². The lowest BCUT2D eigenvalue weighted by Gasteiger charge is -2.31. The van der Waals surface area contributed by atoms with Gasteiger partial charge in [0.1, 0.15) is 22.5 Å². The lowest BCUT2D eigenvalue weighted by Crippen LogP contribution is -2.51. The maximum absolute atomic E-state index is 14.4. The highest BCUT2D eigenvalue weighted by molar-refractivity contribution is 7.89. The van der Waals surface area contributed by atoms with Crippen molar-refractivity contribution in [1.29, 1.82) is 0 Å². The van der Waals surface area contributed by atoms with E-state index in [0.29, 0.717) is 31.8 Å². The first-order valence-electron chi connectivity index (χ1n) is 16.6. The van der Waals surface area contributed by atoms with E-state index in [4.69, 9.17) is 23.7 Å². The van der Waals surface area contributed by atoms with Gasteiger partial charge in [-0.3, -0.25) is 0 Å². The van der Waals surface area contributed by atoms with Crippen LogP contribution in [0.1, 0.15) is 44.6 Å². The molecule has 48 heavy (non-hydrogen) atoms. The molecule has 2 N–H and O–H groups in total. The van der Waals surface area contributed by atoms with Gasteiger partial charge in [0.2, 0.25) is 10.0 Å². The molecule has 1 amide bonds. The van der Waals surface area contributed by atoms with Crippen LogP contribution < -0.4 is 14.8 Å². The fourth-order valence-corrected chi connectivity index (χ4v) is 7.68. The zero-order chi connectivity index (χ0) is 34.5. The van der Waals surface area contributed by atoms with Crippen LogP contribution in [-0.2, 0) is 30.7 Å². The average Bonchev–Trinajstić information content (AvgIpc) is 3.69. The molecule has 4 rings (SSSR count). The normalized spacial score (nSPS) is 20.8. The number of hydrogen-bond acceptors (Lipinski definition) is 9. The van der Waals surface area contributed by atoms with Gasteiger partial charge < -0.3 is 34.1 Å². The molecule has 0 spiro atoms. The predicted octanol–water partition coefficient (Wildman–Crippen LogP) is 5.09. The van der Waals surface area contributed by atoms with Crippen LogP contribution in [0.5, 0.6) is 11.5 Å². The minimum atomic E-state index is -4.21. The van der Waals surface area contributed by atoms with Gasteiger partial charge in [0.05, 0.1) is 45.0 Å². The fourth-order valence-electron chi connectivity index (χ4n) is 5.99. The van der Waals surface area contributed by atoms with Crippen molar-refractivity contribution in [1.82, 2.24) is 9.62 Å². The van der Waals surface area contributed by atoms with E-state index in [-0.39, 0.29) is 54.9 Å². The highest BCUT2D eigenvalue weighted by atomic mass is 32.2. The number of benzene rings is 2. The van der Waals surface area contributed by atoms with E-state index < -0.39 is 34.4 Å². The van der Waals surface area contributed by atoms with Crippen LogP contribution in [-0.4, -0.2) is 88.5 Å². The molecule has 0 unspecified atom stereocenters.